The molecule has 1 aromatic heterocycles. The van der Waals surface area contributed by atoms with Crippen LogP contribution in [0.5, 0.6) is 0 Å². The summed E-state index contributed by atoms with van der Waals surface area (Å²) >= 11 is 3.15. The lowest BCUT2D eigenvalue weighted by Crippen LogP contribution is -2.42. The number of nitrogens with zero attached hydrogens (tertiary/aromatic N) is 1. The van der Waals surface area contributed by atoms with Crippen molar-refractivity contribution in [3.63, 3.8) is 0 Å². The number of nitrogens with two attached hydrogens (primary N) is 1. The molecule has 96 valence electrons. The summed E-state index contributed by atoms with van der Waals surface area (Å²) in [6, 6.07) is 0.487. The molecule has 8 heteroatoms. The van der Waals surface area contributed by atoms with Crippen molar-refractivity contribution < 1.29 is 19.1 Å². The maximum Gasteiger partial charge on any atom is 0.340 e. The van der Waals surface area contributed by atoms with Crippen LogP contribution in [0.4, 0.5) is 4.79 Å². The van der Waals surface area contributed by atoms with Crippen molar-refractivity contribution in [1.82, 2.24) is 10.3 Å². The number of ether oxygens (including phenoxy) is 1. The minimum atomic E-state index is -1.14. The molecule has 1 heterocycles. The standard InChI is InChI=1S/C10H10BrN3O4/c1-5(8(15)14-10(12)17)18-9(16)6-2-7(11)4-13-3-6/h2-5H,1H3,(H3,12,14,15,17). The van der Waals surface area contributed by atoms with Crippen LogP contribution < -0.4 is 11.1 Å². The normalized spacial score (nSPS) is 11.4. The van der Waals surface area contributed by atoms with Gasteiger partial charge in [0.2, 0.25) is 0 Å². The molecule has 0 saturated heterocycles. The number of aromatic nitrogens is 1. The van der Waals surface area contributed by atoms with Crippen molar-refractivity contribution in [1.29, 1.82) is 0 Å². The molecule has 18 heavy (non-hydrogen) atoms. The van der Waals surface area contributed by atoms with Crippen LogP contribution >= 0.6 is 15.9 Å². The van der Waals surface area contributed by atoms with Gasteiger partial charge in [-0.1, -0.05) is 0 Å². The molecule has 0 fully saturated rings. The maximum atomic E-state index is 11.6. The van der Waals surface area contributed by atoms with Crippen LogP contribution in [0.15, 0.2) is 22.9 Å². The number of carbonyl (C=O) groups is 3. The molecule has 0 spiro atoms. The number of hydrogen-bond acceptors (Lipinski definition) is 5. The number of primary amides is 1. The van der Waals surface area contributed by atoms with Gasteiger partial charge >= 0.3 is 12.0 Å². The number of urea groups is 1. The van der Waals surface area contributed by atoms with Gasteiger partial charge in [0.15, 0.2) is 6.10 Å². The second-order valence-electron chi connectivity index (χ2n) is 3.29. The first-order valence-electron chi connectivity index (χ1n) is 4.82. The van der Waals surface area contributed by atoms with Crippen molar-refractivity contribution in [3.8, 4) is 0 Å². The second kappa shape index (κ2) is 6.10. The molecule has 0 saturated carbocycles. The monoisotopic (exact) mass is 315 g/mol. The highest BCUT2D eigenvalue weighted by Gasteiger charge is 2.20. The van der Waals surface area contributed by atoms with E-state index in [1.54, 1.807) is 0 Å². The Hall–Kier alpha value is -1.96. The van der Waals surface area contributed by atoms with E-state index >= 15 is 0 Å². The van der Waals surface area contributed by atoms with E-state index in [2.05, 4.69) is 20.9 Å². The van der Waals surface area contributed by atoms with E-state index in [1.807, 2.05) is 5.32 Å². The van der Waals surface area contributed by atoms with Crippen LogP contribution in [0.25, 0.3) is 0 Å². The predicted molar refractivity (Wildman–Crippen MR) is 64.5 cm³/mol. The Morgan fingerprint density at radius 3 is 2.67 bits per heavy atom. The van der Waals surface area contributed by atoms with Gasteiger partial charge in [-0.2, -0.15) is 0 Å². The number of hydrogen-bond donors (Lipinski definition) is 2. The fourth-order valence-electron chi connectivity index (χ4n) is 1.03. The summed E-state index contributed by atoms with van der Waals surface area (Å²) in [5.41, 5.74) is 4.95. The molecular formula is C10H10BrN3O4. The molecule has 1 aromatic rings. The molecule has 0 bridgehead atoms. The van der Waals surface area contributed by atoms with Crippen LogP contribution in [0.3, 0.4) is 0 Å². The summed E-state index contributed by atoms with van der Waals surface area (Å²) in [4.78, 5) is 37.1. The van der Waals surface area contributed by atoms with Crippen LogP contribution in [0, 0.1) is 0 Å². The van der Waals surface area contributed by atoms with Gasteiger partial charge < -0.3 is 10.5 Å². The average Bonchev–Trinajstić information content (AvgIpc) is 2.27. The molecule has 0 aromatic carbocycles. The number of esters is 1. The fourth-order valence-corrected chi connectivity index (χ4v) is 1.39. The summed E-state index contributed by atoms with van der Waals surface area (Å²) in [5, 5.41) is 1.81. The van der Waals surface area contributed by atoms with E-state index in [9.17, 15) is 14.4 Å². The molecule has 0 aliphatic carbocycles. The van der Waals surface area contributed by atoms with E-state index in [0.29, 0.717) is 4.47 Å². The number of halogens is 1. The van der Waals surface area contributed by atoms with Gasteiger partial charge in [0.1, 0.15) is 0 Å². The molecule has 1 unspecified atom stereocenters. The van der Waals surface area contributed by atoms with Gasteiger partial charge in [0, 0.05) is 16.9 Å². The average molecular weight is 316 g/mol. The van der Waals surface area contributed by atoms with Gasteiger partial charge in [0.25, 0.3) is 5.91 Å². The summed E-state index contributed by atoms with van der Waals surface area (Å²) in [6.07, 6.45) is 1.66. The minimum absolute atomic E-state index is 0.183. The van der Waals surface area contributed by atoms with Gasteiger partial charge in [-0.15, -0.1) is 0 Å². The first kappa shape index (κ1) is 14.1. The molecule has 1 rings (SSSR count). The Morgan fingerprint density at radius 1 is 1.44 bits per heavy atom. The van der Waals surface area contributed by atoms with Crippen LogP contribution in [0.2, 0.25) is 0 Å². The molecule has 0 radical (unpaired) electrons. The zero-order valence-electron chi connectivity index (χ0n) is 9.34. The molecule has 3 N–H and O–H groups in total. The second-order valence-corrected chi connectivity index (χ2v) is 4.21. The molecule has 3 amide bonds. The van der Waals surface area contributed by atoms with Gasteiger partial charge in [-0.05, 0) is 28.9 Å². The topological polar surface area (TPSA) is 111 Å². The number of carbonyl (C=O) groups excluding carboxylic acids is 3. The Labute approximate surface area is 111 Å². The highest BCUT2D eigenvalue weighted by Crippen LogP contribution is 2.11. The van der Waals surface area contributed by atoms with Crippen LogP contribution in [0.1, 0.15) is 17.3 Å². The zero-order valence-corrected chi connectivity index (χ0v) is 10.9. The number of rotatable bonds is 3. The number of nitrogens with one attached hydrogen (secondary N) is 1. The molecule has 0 aliphatic rings. The predicted octanol–water partition coefficient (Wildman–Crippen LogP) is 0.584. The van der Waals surface area contributed by atoms with Gasteiger partial charge in [-0.3, -0.25) is 15.1 Å². The third-order valence-corrected chi connectivity index (χ3v) is 2.27. The van der Waals surface area contributed by atoms with E-state index < -0.39 is 24.0 Å². The number of amides is 3. The molecule has 0 aliphatic heterocycles. The van der Waals surface area contributed by atoms with Crippen LogP contribution in [-0.2, 0) is 9.53 Å². The third kappa shape index (κ3) is 4.13. The third-order valence-electron chi connectivity index (χ3n) is 1.84. The van der Waals surface area contributed by atoms with E-state index in [0.717, 1.165) is 0 Å². The fraction of sp³-hybridized carbons (Fsp3) is 0.200. The zero-order chi connectivity index (χ0) is 13.7. The Balaban J connectivity index is 2.65. The summed E-state index contributed by atoms with van der Waals surface area (Å²) in [7, 11) is 0. The highest BCUT2D eigenvalue weighted by molar-refractivity contribution is 9.10. The first-order chi connectivity index (χ1) is 8.40. The van der Waals surface area contributed by atoms with Crippen LogP contribution in [-0.4, -0.2) is 29.0 Å². The molecular weight excluding hydrogens is 306 g/mol. The smallest absolute Gasteiger partial charge is 0.340 e. The Bertz CT molecular complexity index is 492. The number of pyridine rings is 1. The lowest BCUT2D eigenvalue weighted by molar-refractivity contribution is -0.127. The first-order valence-corrected chi connectivity index (χ1v) is 5.61. The number of imide groups is 1. The quantitative estimate of drug-likeness (QED) is 0.793. The largest absolute Gasteiger partial charge is 0.449 e. The SMILES string of the molecule is CC(OC(=O)c1cncc(Br)c1)C(=O)NC(N)=O. The Morgan fingerprint density at radius 2 is 2.11 bits per heavy atom. The Kier molecular flexibility index (Phi) is 4.78. The lowest BCUT2D eigenvalue weighted by Gasteiger charge is -2.11. The van der Waals surface area contributed by atoms with Gasteiger partial charge in [-0.25, -0.2) is 9.59 Å². The van der Waals surface area contributed by atoms with E-state index in [-0.39, 0.29) is 5.56 Å². The molecule has 7 nitrogen and oxygen atoms in total. The summed E-state index contributed by atoms with van der Waals surface area (Å²) < 4.78 is 5.44. The minimum Gasteiger partial charge on any atom is -0.449 e. The van der Waals surface area contributed by atoms with Crippen molar-refractivity contribution >= 4 is 33.8 Å². The highest BCUT2D eigenvalue weighted by atomic mass is 79.9. The van der Waals surface area contributed by atoms with E-state index in [1.165, 1.54) is 25.4 Å². The lowest BCUT2D eigenvalue weighted by atomic mass is 10.3. The van der Waals surface area contributed by atoms with Crippen molar-refractivity contribution in [2.45, 2.75) is 13.0 Å². The summed E-state index contributed by atoms with van der Waals surface area (Å²) in [6.45, 7) is 1.32. The van der Waals surface area contributed by atoms with Crippen molar-refractivity contribution in [3.05, 3.63) is 28.5 Å². The van der Waals surface area contributed by atoms with Crippen molar-refractivity contribution in [2.24, 2.45) is 5.73 Å². The van der Waals surface area contributed by atoms with Crippen molar-refractivity contribution in [2.75, 3.05) is 0 Å². The summed E-state index contributed by atoms with van der Waals surface area (Å²) in [5.74, 6) is -1.52. The maximum absolute atomic E-state index is 11.6. The molecule has 1 atom stereocenters. The van der Waals surface area contributed by atoms with E-state index in [4.69, 9.17) is 10.5 Å². The van der Waals surface area contributed by atoms with Gasteiger partial charge in [0.05, 0.1) is 5.56 Å².